The lowest BCUT2D eigenvalue weighted by Crippen LogP contribution is -2.27. The van der Waals surface area contributed by atoms with Crippen molar-refractivity contribution in [1.29, 1.82) is 0 Å². The number of rotatable bonds is 1. The van der Waals surface area contributed by atoms with E-state index in [1.807, 2.05) is 19.1 Å². The molecule has 0 radical (unpaired) electrons. The van der Waals surface area contributed by atoms with Crippen LogP contribution in [-0.2, 0) is 0 Å². The van der Waals surface area contributed by atoms with Crippen LogP contribution in [0.4, 0.5) is 10.5 Å². The summed E-state index contributed by atoms with van der Waals surface area (Å²) >= 11 is 5.61. The van der Waals surface area contributed by atoms with E-state index in [1.165, 1.54) is 0 Å². The number of primary amides is 1. The van der Waals surface area contributed by atoms with Crippen LogP contribution in [0.1, 0.15) is 5.56 Å². The third-order valence-corrected chi connectivity index (χ3v) is 1.87. The zero-order chi connectivity index (χ0) is 9.14. The van der Waals surface area contributed by atoms with Gasteiger partial charge in [-0.1, -0.05) is 18.2 Å². The zero-order valence-electron chi connectivity index (χ0n) is 6.62. The van der Waals surface area contributed by atoms with Gasteiger partial charge in [0.15, 0.2) is 0 Å². The Hall–Kier alpha value is -1.22. The number of hydrogen-bond donors (Lipinski definition) is 1. The van der Waals surface area contributed by atoms with Crippen LogP contribution in [0.5, 0.6) is 0 Å². The van der Waals surface area contributed by atoms with Crippen molar-refractivity contribution in [1.82, 2.24) is 0 Å². The summed E-state index contributed by atoms with van der Waals surface area (Å²) in [5.74, 6) is 0. The Bertz CT molecular complexity index is 301. The number of amides is 2. The van der Waals surface area contributed by atoms with Gasteiger partial charge < -0.3 is 5.73 Å². The quantitative estimate of drug-likeness (QED) is 0.667. The van der Waals surface area contributed by atoms with Crippen molar-refractivity contribution in [3.8, 4) is 0 Å². The molecule has 0 saturated carbocycles. The number of aryl methyl sites for hydroxylation is 1. The molecule has 0 aliphatic rings. The highest BCUT2D eigenvalue weighted by atomic mass is 35.5. The number of nitrogens with two attached hydrogens (primary N) is 1. The Morgan fingerprint density at radius 2 is 2.08 bits per heavy atom. The molecule has 0 fully saturated rings. The van der Waals surface area contributed by atoms with E-state index in [-0.39, 0.29) is 0 Å². The molecule has 0 atom stereocenters. The summed E-state index contributed by atoms with van der Waals surface area (Å²) in [6, 6.07) is 6.57. The first-order chi connectivity index (χ1) is 5.63. The molecule has 0 heterocycles. The largest absolute Gasteiger partial charge is 0.350 e. The minimum Gasteiger partial charge on any atom is -0.350 e. The summed E-state index contributed by atoms with van der Waals surface area (Å²) in [6.45, 7) is 1.85. The van der Waals surface area contributed by atoms with Crippen LogP contribution in [0.3, 0.4) is 0 Å². The molecule has 2 amide bonds. The van der Waals surface area contributed by atoms with E-state index in [4.69, 9.17) is 17.5 Å². The number of urea groups is 1. The lowest BCUT2D eigenvalue weighted by Gasteiger charge is -2.12. The smallest absolute Gasteiger partial charge is 0.334 e. The molecule has 1 aromatic carbocycles. The Balaban J connectivity index is 3.02. The second kappa shape index (κ2) is 3.45. The number of para-hydroxylation sites is 1. The highest BCUT2D eigenvalue weighted by Crippen LogP contribution is 2.20. The maximum absolute atomic E-state index is 10.7. The number of benzene rings is 1. The Morgan fingerprint density at radius 1 is 1.50 bits per heavy atom. The van der Waals surface area contributed by atoms with Gasteiger partial charge in [0.25, 0.3) is 0 Å². The molecule has 2 N–H and O–H groups in total. The molecule has 0 spiro atoms. The predicted octanol–water partition coefficient (Wildman–Crippen LogP) is 2.03. The van der Waals surface area contributed by atoms with Crippen molar-refractivity contribution >= 4 is 23.5 Å². The molecule has 0 unspecified atom stereocenters. The molecule has 0 aliphatic carbocycles. The minimum absolute atomic E-state index is 0.617. The molecular weight excluding hydrogens is 176 g/mol. The molecule has 0 aliphatic heterocycles. The Kier molecular flexibility index (Phi) is 2.55. The third-order valence-electron chi connectivity index (χ3n) is 1.52. The van der Waals surface area contributed by atoms with E-state index in [2.05, 4.69) is 0 Å². The topological polar surface area (TPSA) is 46.3 Å². The van der Waals surface area contributed by atoms with Crippen LogP contribution in [0.15, 0.2) is 24.3 Å². The summed E-state index contributed by atoms with van der Waals surface area (Å²) in [7, 11) is 0. The van der Waals surface area contributed by atoms with Gasteiger partial charge in [-0.25, -0.2) is 9.21 Å². The molecule has 1 aromatic rings. The number of halogens is 1. The van der Waals surface area contributed by atoms with E-state index in [0.717, 1.165) is 9.98 Å². The third kappa shape index (κ3) is 1.68. The van der Waals surface area contributed by atoms with Crippen LogP contribution >= 0.6 is 11.8 Å². The first-order valence-corrected chi connectivity index (χ1v) is 3.77. The summed E-state index contributed by atoms with van der Waals surface area (Å²) in [5, 5.41) is 0. The highest BCUT2D eigenvalue weighted by molar-refractivity contribution is 6.36. The molecule has 0 saturated heterocycles. The fraction of sp³-hybridized carbons (Fsp3) is 0.125. The zero-order valence-corrected chi connectivity index (χ0v) is 7.38. The minimum atomic E-state index is -0.675. The number of nitrogens with zero attached hydrogens (tertiary/aromatic N) is 1. The first kappa shape index (κ1) is 8.87. The van der Waals surface area contributed by atoms with Crippen LogP contribution in [0.25, 0.3) is 0 Å². The van der Waals surface area contributed by atoms with Crippen LogP contribution < -0.4 is 10.2 Å². The van der Waals surface area contributed by atoms with Crippen LogP contribution in [0.2, 0.25) is 0 Å². The fourth-order valence-corrected chi connectivity index (χ4v) is 1.09. The normalized spacial score (nSPS) is 9.50. The molecule has 12 heavy (non-hydrogen) atoms. The van der Waals surface area contributed by atoms with Gasteiger partial charge in [-0.3, -0.25) is 0 Å². The number of anilines is 1. The first-order valence-electron chi connectivity index (χ1n) is 3.44. The molecule has 0 aromatic heterocycles. The van der Waals surface area contributed by atoms with Crippen molar-refractivity contribution in [3.05, 3.63) is 29.8 Å². The maximum atomic E-state index is 10.7. The molecule has 64 valence electrons. The maximum Gasteiger partial charge on any atom is 0.334 e. The van der Waals surface area contributed by atoms with Gasteiger partial charge in [0.2, 0.25) is 0 Å². The molecule has 3 nitrogen and oxygen atoms in total. The van der Waals surface area contributed by atoms with Gasteiger partial charge in [-0.2, -0.15) is 0 Å². The Labute approximate surface area is 75.8 Å². The summed E-state index contributed by atoms with van der Waals surface area (Å²) in [6.07, 6.45) is 0. The fourth-order valence-electron chi connectivity index (χ4n) is 0.902. The average molecular weight is 185 g/mol. The Morgan fingerprint density at radius 3 is 2.58 bits per heavy atom. The second-order valence-electron chi connectivity index (χ2n) is 2.41. The van der Waals surface area contributed by atoms with E-state index < -0.39 is 6.03 Å². The lowest BCUT2D eigenvalue weighted by atomic mass is 10.2. The van der Waals surface area contributed by atoms with E-state index in [9.17, 15) is 4.79 Å². The van der Waals surface area contributed by atoms with Crippen molar-refractivity contribution in [2.45, 2.75) is 6.92 Å². The monoisotopic (exact) mass is 184 g/mol. The van der Waals surface area contributed by atoms with Gasteiger partial charge in [0.1, 0.15) is 0 Å². The van der Waals surface area contributed by atoms with Crippen molar-refractivity contribution in [2.75, 3.05) is 4.42 Å². The van der Waals surface area contributed by atoms with Crippen molar-refractivity contribution in [3.63, 3.8) is 0 Å². The molecule has 1 rings (SSSR count). The van der Waals surface area contributed by atoms with Crippen LogP contribution in [-0.4, -0.2) is 6.03 Å². The average Bonchev–Trinajstić information content (AvgIpc) is 2.04. The SMILES string of the molecule is Cc1ccccc1N(Cl)C(N)=O. The number of hydrogen-bond acceptors (Lipinski definition) is 1. The number of carbonyl (C=O) groups excluding carboxylic acids is 1. The van der Waals surface area contributed by atoms with E-state index in [0.29, 0.717) is 5.69 Å². The molecular formula is C8H9ClN2O. The predicted molar refractivity (Wildman–Crippen MR) is 49.1 cm³/mol. The highest BCUT2D eigenvalue weighted by Gasteiger charge is 2.10. The van der Waals surface area contributed by atoms with Gasteiger partial charge in [0, 0.05) is 11.8 Å². The molecule has 0 bridgehead atoms. The summed E-state index contributed by atoms with van der Waals surface area (Å²) in [4.78, 5) is 10.7. The number of carbonyl (C=O) groups is 1. The van der Waals surface area contributed by atoms with E-state index in [1.54, 1.807) is 12.1 Å². The van der Waals surface area contributed by atoms with Crippen molar-refractivity contribution in [2.24, 2.45) is 5.73 Å². The van der Waals surface area contributed by atoms with E-state index >= 15 is 0 Å². The van der Waals surface area contributed by atoms with Gasteiger partial charge >= 0.3 is 6.03 Å². The molecule has 4 heteroatoms. The van der Waals surface area contributed by atoms with Gasteiger partial charge in [0.05, 0.1) is 5.69 Å². The van der Waals surface area contributed by atoms with Crippen molar-refractivity contribution < 1.29 is 4.79 Å². The van der Waals surface area contributed by atoms with Gasteiger partial charge in [-0.15, -0.1) is 0 Å². The summed E-state index contributed by atoms with van der Waals surface area (Å²) < 4.78 is 0.898. The lowest BCUT2D eigenvalue weighted by molar-refractivity contribution is 0.257. The summed E-state index contributed by atoms with van der Waals surface area (Å²) in [5.41, 5.74) is 6.52. The second-order valence-corrected chi connectivity index (χ2v) is 2.74. The van der Waals surface area contributed by atoms with Gasteiger partial charge in [-0.05, 0) is 18.6 Å². The standard InChI is InChI=1S/C8H9ClN2O/c1-6-4-2-3-5-7(6)11(9)8(10)12/h2-5H,1H3,(H2,10,12). The van der Waals surface area contributed by atoms with Crippen LogP contribution in [0, 0.1) is 6.92 Å².